The van der Waals surface area contributed by atoms with E-state index in [2.05, 4.69) is 17.2 Å². The number of hydrogen-bond acceptors (Lipinski definition) is 4. The maximum absolute atomic E-state index is 11.2. The fraction of sp³-hybridized carbons (Fsp3) is 0.615. The van der Waals surface area contributed by atoms with E-state index in [-0.39, 0.29) is 11.8 Å². The van der Waals surface area contributed by atoms with Crippen molar-refractivity contribution in [1.29, 1.82) is 0 Å². The predicted octanol–water partition coefficient (Wildman–Crippen LogP) is 1.43. The molecule has 1 atom stereocenters. The van der Waals surface area contributed by atoms with E-state index >= 15 is 0 Å². The first kappa shape index (κ1) is 15.1. The van der Waals surface area contributed by atoms with Crippen molar-refractivity contribution in [1.82, 2.24) is 10.3 Å². The summed E-state index contributed by atoms with van der Waals surface area (Å²) in [5.74, 6) is 0.236. The summed E-state index contributed by atoms with van der Waals surface area (Å²) in [6.07, 6.45) is 7.37. The molecule has 4 nitrogen and oxygen atoms in total. The van der Waals surface area contributed by atoms with Crippen molar-refractivity contribution in [3.8, 4) is 0 Å². The smallest absolute Gasteiger partial charge is 0.147 e. The van der Waals surface area contributed by atoms with Gasteiger partial charge in [0, 0.05) is 24.7 Å². The van der Waals surface area contributed by atoms with Gasteiger partial charge in [-0.25, -0.2) is 8.42 Å². The standard InChI is InChI=1S/C13H22N2O2S/c1-3-7-15-13(6-10-18(2,16)17)11-12-4-8-14-9-5-12/h4-5,8-9,13,15H,3,6-7,10-11H2,1-2H3. The molecule has 1 N–H and O–H groups in total. The van der Waals surface area contributed by atoms with Gasteiger partial charge in [0.2, 0.25) is 0 Å². The molecular weight excluding hydrogens is 248 g/mol. The number of hydrogen-bond donors (Lipinski definition) is 1. The summed E-state index contributed by atoms with van der Waals surface area (Å²) in [5.41, 5.74) is 1.19. The van der Waals surface area contributed by atoms with E-state index in [9.17, 15) is 8.42 Å². The second kappa shape index (κ2) is 7.48. The number of rotatable bonds is 8. The molecule has 0 spiro atoms. The molecule has 1 aromatic rings. The number of pyridine rings is 1. The van der Waals surface area contributed by atoms with Crippen molar-refractivity contribution < 1.29 is 8.42 Å². The fourth-order valence-corrected chi connectivity index (χ4v) is 2.50. The van der Waals surface area contributed by atoms with Gasteiger partial charge in [-0.1, -0.05) is 6.92 Å². The normalized spacial score (nSPS) is 13.4. The number of aromatic nitrogens is 1. The van der Waals surface area contributed by atoms with Gasteiger partial charge in [0.15, 0.2) is 0 Å². The van der Waals surface area contributed by atoms with E-state index in [4.69, 9.17) is 0 Å². The van der Waals surface area contributed by atoms with Gasteiger partial charge in [0.25, 0.3) is 0 Å². The lowest BCUT2D eigenvalue weighted by atomic mass is 10.1. The Kier molecular flexibility index (Phi) is 6.29. The van der Waals surface area contributed by atoms with Crippen LogP contribution in [0.4, 0.5) is 0 Å². The number of nitrogens with one attached hydrogen (secondary N) is 1. The zero-order chi connectivity index (χ0) is 13.4. The summed E-state index contributed by atoms with van der Waals surface area (Å²) in [7, 11) is -2.89. The molecule has 0 aliphatic heterocycles. The lowest BCUT2D eigenvalue weighted by Gasteiger charge is -2.18. The van der Waals surface area contributed by atoms with Crippen molar-refractivity contribution in [3.63, 3.8) is 0 Å². The van der Waals surface area contributed by atoms with E-state index < -0.39 is 9.84 Å². The van der Waals surface area contributed by atoms with Crippen LogP contribution < -0.4 is 5.32 Å². The van der Waals surface area contributed by atoms with Crippen LogP contribution in [-0.2, 0) is 16.3 Å². The number of nitrogens with zero attached hydrogens (tertiary/aromatic N) is 1. The molecule has 0 radical (unpaired) electrons. The van der Waals surface area contributed by atoms with Gasteiger partial charge in [0.05, 0.1) is 5.75 Å². The lowest BCUT2D eigenvalue weighted by Crippen LogP contribution is -2.33. The summed E-state index contributed by atoms with van der Waals surface area (Å²) < 4.78 is 22.4. The van der Waals surface area contributed by atoms with E-state index in [1.807, 2.05) is 12.1 Å². The van der Waals surface area contributed by atoms with Gasteiger partial charge in [-0.05, 0) is 43.5 Å². The highest BCUT2D eigenvalue weighted by Gasteiger charge is 2.12. The first-order valence-corrected chi connectivity index (χ1v) is 8.37. The first-order chi connectivity index (χ1) is 8.51. The van der Waals surface area contributed by atoms with Gasteiger partial charge >= 0.3 is 0 Å². The van der Waals surface area contributed by atoms with Crippen molar-refractivity contribution >= 4 is 9.84 Å². The Bertz CT molecular complexity index is 432. The topological polar surface area (TPSA) is 59.1 Å². The summed E-state index contributed by atoms with van der Waals surface area (Å²) in [5, 5.41) is 3.41. The van der Waals surface area contributed by atoms with Crippen molar-refractivity contribution in [2.45, 2.75) is 32.2 Å². The Morgan fingerprint density at radius 1 is 1.33 bits per heavy atom. The van der Waals surface area contributed by atoms with Crippen LogP contribution in [0.25, 0.3) is 0 Å². The largest absolute Gasteiger partial charge is 0.314 e. The van der Waals surface area contributed by atoms with E-state index in [0.29, 0.717) is 6.42 Å². The zero-order valence-corrected chi connectivity index (χ0v) is 11.9. The Balaban J connectivity index is 2.55. The molecule has 0 fully saturated rings. The molecule has 5 heteroatoms. The molecule has 102 valence electrons. The Labute approximate surface area is 110 Å². The first-order valence-electron chi connectivity index (χ1n) is 6.31. The van der Waals surface area contributed by atoms with E-state index in [1.165, 1.54) is 11.8 Å². The maximum atomic E-state index is 11.2. The highest BCUT2D eigenvalue weighted by atomic mass is 32.2. The lowest BCUT2D eigenvalue weighted by molar-refractivity contribution is 0.491. The molecule has 0 saturated carbocycles. The molecule has 0 aliphatic rings. The average Bonchev–Trinajstić information content (AvgIpc) is 2.33. The molecule has 1 aromatic heterocycles. The molecule has 1 rings (SSSR count). The molecule has 0 aromatic carbocycles. The van der Waals surface area contributed by atoms with Gasteiger partial charge in [0.1, 0.15) is 9.84 Å². The van der Waals surface area contributed by atoms with Crippen LogP contribution in [0.1, 0.15) is 25.3 Å². The van der Waals surface area contributed by atoms with E-state index in [1.54, 1.807) is 12.4 Å². The molecule has 18 heavy (non-hydrogen) atoms. The maximum Gasteiger partial charge on any atom is 0.147 e. The quantitative estimate of drug-likeness (QED) is 0.776. The highest BCUT2D eigenvalue weighted by Crippen LogP contribution is 2.06. The van der Waals surface area contributed by atoms with Crippen molar-refractivity contribution in [2.75, 3.05) is 18.6 Å². The van der Waals surface area contributed by atoms with Gasteiger partial charge in [-0.15, -0.1) is 0 Å². The summed E-state index contributed by atoms with van der Waals surface area (Å²) >= 11 is 0. The molecule has 0 amide bonds. The fourth-order valence-electron chi connectivity index (χ4n) is 1.78. The van der Waals surface area contributed by atoms with Crippen LogP contribution in [0, 0.1) is 0 Å². The third-order valence-electron chi connectivity index (χ3n) is 2.75. The summed E-state index contributed by atoms with van der Waals surface area (Å²) in [6.45, 7) is 3.02. The van der Waals surface area contributed by atoms with Crippen LogP contribution in [0.5, 0.6) is 0 Å². The molecular formula is C13H22N2O2S. The number of sulfone groups is 1. The third kappa shape index (κ3) is 6.71. The molecule has 1 heterocycles. The Morgan fingerprint density at radius 3 is 2.56 bits per heavy atom. The Morgan fingerprint density at radius 2 is 2.00 bits per heavy atom. The van der Waals surface area contributed by atoms with E-state index in [0.717, 1.165) is 19.4 Å². The van der Waals surface area contributed by atoms with Gasteiger partial charge in [-0.3, -0.25) is 4.98 Å². The van der Waals surface area contributed by atoms with Gasteiger partial charge in [-0.2, -0.15) is 0 Å². The monoisotopic (exact) mass is 270 g/mol. The van der Waals surface area contributed by atoms with Crippen LogP contribution >= 0.6 is 0 Å². The van der Waals surface area contributed by atoms with Crippen LogP contribution in [0.15, 0.2) is 24.5 Å². The second-order valence-electron chi connectivity index (χ2n) is 4.63. The van der Waals surface area contributed by atoms with Crippen LogP contribution in [0.3, 0.4) is 0 Å². The molecule has 0 bridgehead atoms. The van der Waals surface area contributed by atoms with Crippen molar-refractivity contribution in [2.24, 2.45) is 0 Å². The van der Waals surface area contributed by atoms with Crippen LogP contribution in [0.2, 0.25) is 0 Å². The third-order valence-corrected chi connectivity index (χ3v) is 3.73. The van der Waals surface area contributed by atoms with Crippen molar-refractivity contribution in [3.05, 3.63) is 30.1 Å². The molecule has 0 aliphatic carbocycles. The predicted molar refractivity (Wildman–Crippen MR) is 74.4 cm³/mol. The minimum absolute atomic E-state index is 0.210. The Hall–Kier alpha value is -0.940. The SMILES string of the molecule is CCCNC(CCS(C)(=O)=O)Cc1ccncc1. The molecule has 0 saturated heterocycles. The molecule has 1 unspecified atom stereocenters. The van der Waals surface area contributed by atoms with Crippen LogP contribution in [-0.4, -0.2) is 38.0 Å². The highest BCUT2D eigenvalue weighted by molar-refractivity contribution is 7.90. The second-order valence-corrected chi connectivity index (χ2v) is 6.89. The summed E-state index contributed by atoms with van der Waals surface area (Å²) in [4.78, 5) is 3.98. The summed E-state index contributed by atoms with van der Waals surface area (Å²) in [6, 6.07) is 4.16. The van der Waals surface area contributed by atoms with Gasteiger partial charge < -0.3 is 5.32 Å². The zero-order valence-electron chi connectivity index (χ0n) is 11.1. The minimum Gasteiger partial charge on any atom is -0.314 e. The average molecular weight is 270 g/mol. The minimum atomic E-state index is -2.89.